The maximum absolute atomic E-state index is 11.7. The average Bonchev–Trinajstić information content (AvgIpc) is 2.52. The minimum absolute atomic E-state index is 0.142. The zero-order chi connectivity index (χ0) is 17.0. The smallest absolute Gasteiger partial charge is 0.121 e. The fourth-order valence-electron chi connectivity index (χ4n) is 1.87. The quantitative estimate of drug-likeness (QED) is 0.484. The van der Waals surface area contributed by atoms with Gasteiger partial charge in [-0.05, 0) is 30.7 Å². The normalized spacial score (nSPS) is 11.3. The maximum atomic E-state index is 11.7. The third-order valence-corrected chi connectivity index (χ3v) is 3.04. The molecule has 0 unspecified atom stereocenters. The number of nitrogens with zero attached hydrogens (tertiary/aromatic N) is 3. The molecule has 2 aromatic rings. The minimum atomic E-state index is -0.418. The van der Waals surface area contributed by atoms with Gasteiger partial charge in [0.1, 0.15) is 5.69 Å². The highest BCUT2D eigenvalue weighted by Gasteiger charge is 2.09. The van der Waals surface area contributed by atoms with Gasteiger partial charge >= 0.3 is 0 Å². The number of hydrogen-bond donors (Lipinski definition) is 4. The third kappa shape index (κ3) is 3.87. The topological polar surface area (TPSA) is 138 Å². The van der Waals surface area contributed by atoms with Gasteiger partial charge in [-0.1, -0.05) is 30.0 Å². The van der Waals surface area contributed by atoms with Crippen LogP contribution in [0.25, 0.3) is 0 Å². The Hall–Kier alpha value is -2.85. The number of hydrogen-bond acceptors (Lipinski definition) is 9. The number of para-hydroxylation sites is 1. The van der Waals surface area contributed by atoms with Crippen molar-refractivity contribution in [2.45, 2.75) is 6.92 Å². The lowest BCUT2D eigenvalue weighted by Crippen LogP contribution is -2.15. The van der Waals surface area contributed by atoms with E-state index < -0.39 is 5.23 Å². The summed E-state index contributed by atoms with van der Waals surface area (Å²) in [7, 11) is 0. The van der Waals surface area contributed by atoms with Gasteiger partial charge in [-0.2, -0.15) is 5.10 Å². The molecule has 0 aliphatic heterocycles. The predicted molar refractivity (Wildman–Crippen MR) is 81.8 cm³/mol. The summed E-state index contributed by atoms with van der Waals surface area (Å²) in [6, 6.07) is 9.91. The van der Waals surface area contributed by atoms with E-state index >= 15 is 0 Å². The van der Waals surface area contributed by atoms with Crippen molar-refractivity contribution in [2.75, 3.05) is 15.9 Å². The molecule has 0 spiro atoms. The summed E-state index contributed by atoms with van der Waals surface area (Å²) in [5, 5.41) is 53.1. The van der Waals surface area contributed by atoms with Gasteiger partial charge in [-0.15, -0.1) is 5.23 Å². The summed E-state index contributed by atoms with van der Waals surface area (Å²) in [5.74, 6) is -0.195. The van der Waals surface area contributed by atoms with Crippen molar-refractivity contribution in [3.05, 3.63) is 53.2 Å². The van der Waals surface area contributed by atoms with E-state index in [2.05, 4.69) is 10.5 Å². The predicted octanol–water partition coefficient (Wildman–Crippen LogP) is 1.87. The summed E-state index contributed by atoms with van der Waals surface area (Å²) in [5.41, 5.74) is 3.07. The van der Waals surface area contributed by atoms with Crippen molar-refractivity contribution >= 4 is 22.8 Å². The minimum Gasteiger partial charge on any atom is -0.872 e. The van der Waals surface area contributed by atoms with Crippen molar-refractivity contribution in [1.29, 1.82) is 0 Å². The summed E-state index contributed by atoms with van der Waals surface area (Å²) < 4.78 is 0. The Balaban J connectivity index is 2.29. The van der Waals surface area contributed by atoms with Gasteiger partial charge in [0.25, 0.3) is 0 Å². The molecule has 2 aromatic carbocycles. The Bertz CT molecular complexity index is 718. The highest BCUT2D eigenvalue weighted by Crippen LogP contribution is 2.29. The van der Waals surface area contributed by atoms with Gasteiger partial charge in [0.2, 0.25) is 0 Å². The number of anilines is 3. The lowest BCUT2D eigenvalue weighted by molar-refractivity contribution is -0.268. The van der Waals surface area contributed by atoms with Gasteiger partial charge in [-0.3, -0.25) is 21.0 Å². The van der Waals surface area contributed by atoms with Crippen LogP contribution < -0.4 is 21.0 Å². The zero-order valence-corrected chi connectivity index (χ0v) is 12.0. The Morgan fingerprint density at radius 2 is 1.83 bits per heavy atom. The van der Waals surface area contributed by atoms with Crippen LogP contribution in [0.4, 0.5) is 17.1 Å². The molecule has 9 heteroatoms. The van der Waals surface area contributed by atoms with E-state index in [0.29, 0.717) is 11.3 Å². The Morgan fingerprint density at radius 1 is 1.13 bits per heavy atom. The van der Waals surface area contributed by atoms with E-state index in [-0.39, 0.29) is 28.0 Å². The van der Waals surface area contributed by atoms with Crippen LogP contribution in [0.2, 0.25) is 0 Å². The first-order valence-electron chi connectivity index (χ1n) is 6.45. The Kier molecular flexibility index (Phi) is 4.98. The fourth-order valence-corrected chi connectivity index (χ4v) is 1.87. The first-order valence-corrected chi connectivity index (χ1v) is 6.45. The molecule has 122 valence electrons. The molecule has 0 aliphatic rings. The highest BCUT2D eigenvalue weighted by atomic mass is 16.8. The van der Waals surface area contributed by atoms with Gasteiger partial charge in [-0.25, -0.2) is 0 Å². The third-order valence-electron chi connectivity index (χ3n) is 3.04. The van der Waals surface area contributed by atoms with Crippen LogP contribution in [0.5, 0.6) is 5.75 Å². The molecule has 0 saturated heterocycles. The van der Waals surface area contributed by atoms with Crippen molar-refractivity contribution < 1.29 is 20.7 Å². The number of hydrazone groups is 1. The summed E-state index contributed by atoms with van der Waals surface area (Å²) in [6.45, 7) is 1.61. The monoisotopic (exact) mass is 318 g/mol. The first kappa shape index (κ1) is 16.5. The second kappa shape index (κ2) is 6.94. The van der Waals surface area contributed by atoms with Crippen LogP contribution in [0.1, 0.15) is 12.5 Å². The molecule has 0 heterocycles. The van der Waals surface area contributed by atoms with Crippen LogP contribution in [-0.2, 0) is 0 Å². The lowest BCUT2D eigenvalue weighted by atomic mass is 10.1. The largest absolute Gasteiger partial charge is 0.872 e. The molecular weight excluding hydrogens is 304 g/mol. The molecule has 0 aromatic heterocycles. The molecule has 9 nitrogen and oxygen atoms in total. The second-order valence-corrected chi connectivity index (χ2v) is 4.57. The van der Waals surface area contributed by atoms with E-state index in [1.807, 2.05) is 0 Å². The van der Waals surface area contributed by atoms with Crippen LogP contribution >= 0.6 is 0 Å². The van der Waals surface area contributed by atoms with E-state index in [0.717, 1.165) is 6.07 Å². The summed E-state index contributed by atoms with van der Waals surface area (Å²) in [4.78, 5) is 0. The number of nitrogens with one attached hydrogen (secondary N) is 1. The highest BCUT2D eigenvalue weighted by molar-refractivity contribution is 6.01. The van der Waals surface area contributed by atoms with Crippen molar-refractivity contribution in [3.8, 4) is 5.75 Å². The molecule has 0 bridgehead atoms. The molecule has 23 heavy (non-hydrogen) atoms. The number of rotatable bonds is 5. The van der Waals surface area contributed by atoms with Crippen molar-refractivity contribution in [3.63, 3.8) is 0 Å². The lowest BCUT2D eigenvalue weighted by Gasteiger charge is -2.23. The first-order chi connectivity index (χ1) is 10.9. The molecule has 0 saturated carbocycles. The molecule has 0 amide bonds. The van der Waals surface area contributed by atoms with E-state index in [1.54, 1.807) is 25.1 Å². The van der Waals surface area contributed by atoms with Crippen LogP contribution in [0, 0.1) is 5.21 Å². The standard InChI is InChI=1S/C14H15N4O5/c1-9(11-4-2-3-5-14(11)19)15-16-12-7-6-10(17(20)21)8-13(12)18(22)23/h2-8,16,19-20,22-23H,1H3/q-1/p-1. The summed E-state index contributed by atoms with van der Waals surface area (Å²) in [6.07, 6.45) is 0. The molecule has 0 fully saturated rings. The molecule has 0 radical (unpaired) electrons. The Labute approximate surface area is 131 Å². The molecule has 0 atom stereocenters. The van der Waals surface area contributed by atoms with Crippen LogP contribution in [0.15, 0.2) is 47.6 Å². The number of benzene rings is 2. The molecule has 2 rings (SSSR count). The Morgan fingerprint density at radius 3 is 2.43 bits per heavy atom. The van der Waals surface area contributed by atoms with Crippen LogP contribution in [-0.4, -0.2) is 21.3 Å². The average molecular weight is 318 g/mol. The SMILES string of the molecule is CC(=NNc1ccc(N([O-])O)cc1N(O)O)c1ccccc1[O-]. The van der Waals surface area contributed by atoms with Gasteiger partial charge in [0, 0.05) is 0 Å². The second-order valence-electron chi connectivity index (χ2n) is 4.57. The van der Waals surface area contributed by atoms with E-state index in [9.17, 15) is 20.7 Å². The molecule has 0 aliphatic carbocycles. The zero-order valence-electron chi connectivity index (χ0n) is 12.0. The fraction of sp³-hybridized carbons (Fsp3) is 0.0714. The van der Waals surface area contributed by atoms with Crippen LogP contribution in [0.3, 0.4) is 0 Å². The molecule has 4 N–H and O–H groups in total. The molecular formula is C14H14N4O5-2. The maximum Gasteiger partial charge on any atom is 0.121 e. The van der Waals surface area contributed by atoms with Gasteiger partial charge < -0.3 is 15.5 Å². The van der Waals surface area contributed by atoms with E-state index in [4.69, 9.17) is 5.21 Å². The summed E-state index contributed by atoms with van der Waals surface area (Å²) >= 11 is 0. The van der Waals surface area contributed by atoms with Crippen molar-refractivity contribution in [2.24, 2.45) is 5.10 Å². The van der Waals surface area contributed by atoms with E-state index in [1.165, 1.54) is 18.2 Å². The van der Waals surface area contributed by atoms with Gasteiger partial charge in [0.15, 0.2) is 0 Å². The van der Waals surface area contributed by atoms with Gasteiger partial charge in [0.05, 0.1) is 17.1 Å². The van der Waals surface area contributed by atoms with Crippen molar-refractivity contribution in [1.82, 2.24) is 0 Å².